The Morgan fingerprint density at radius 2 is 1.76 bits per heavy atom. The van der Waals surface area contributed by atoms with Gasteiger partial charge in [-0.15, -0.1) is 0 Å². The van der Waals surface area contributed by atoms with Crippen LogP contribution in [0.4, 0.5) is 10.1 Å². The number of halogens is 1. The van der Waals surface area contributed by atoms with Crippen LogP contribution in [-0.4, -0.2) is 30.8 Å². The summed E-state index contributed by atoms with van der Waals surface area (Å²) in [4.78, 5) is 37.7. The first-order valence-electron chi connectivity index (χ1n) is 7.85. The van der Waals surface area contributed by atoms with E-state index in [-0.39, 0.29) is 24.4 Å². The van der Waals surface area contributed by atoms with Gasteiger partial charge in [-0.3, -0.25) is 14.4 Å². The minimum atomic E-state index is -0.603. The van der Waals surface area contributed by atoms with E-state index >= 15 is 0 Å². The summed E-state index contributed by atoms with van der Waals surface area (Å²) in [5.74, 6) is -2.20. The third kappa shape index (κ3) is 3.91. The number of ether oxygens (including phenoxy) is 1. The summed E-state index contributed by atoms with van der Waals surface area (Å²) in [5, 5.41) is 0. The van der Waals surface area contributed by atoms with Crippen molar-refractivity contribution in [1.29, 1.82) is 0 Å². The molecule has 1 atom stereocenters. The minimum absolute atomic E-state index is 0.0540. The van der Waals surface area contributed by atoms with E-state index in [0.717, 1.165) is 5.69 Å². The third-order valence-electron chi connectivity index (χ3n) is 4.04. The molecule has 2 aromatic carbocycles. The van der Waals surface area contributed by atoms with Gasteiger partial charge in [-0.2, -0.15) is 0 Å². The molecule has 1 amide bonds. The third-order valence-corrected chi connectivity index (χ3v) is 4.04. The molecule has 0 saturated carbocycles. The number of rotatable bonds is 5. The monoisotopic (exact) mass is 341 g/mol. The molecule has 6 heteroatoms. The SMILES string of the molecule is O=C(COC(=O)C1CC(=O)N(c2ccccc2)C1)c1ccc(F)cc1. The Morgan fingerprint density at radius 3 is 2.44 bits per heavy atom. The lowest BCUT2D eigenvalue weighted by Gasteiger charge is -2.16. The summed E-state index contributed by atoms with van der Waals surface area (Å²) >= 11 is 0. The summed E-state index contributed by atoms with van der Waals surface area (Å²) < 4.78 is 17.9. The van der Waals surface area contributed by atoms with Crippen molar-refractivity contribution in [2.45, 2.75) is 6.42 Å². The first kappa shape index (κ1) is 16.8. The van der Waals surface area contributed by atoms with Gasteiger partial charge < -0.3 is 9.64 Å². The molecule has 1 heterocycles. The molecule has 1 saturated heterocycles. The topological polar surface area (TPSA) is 63.7 Å². The first-order chi connectivity index (χ1) is 12.0. The van der Waals surface area contributed by atoms with Crippen LogP contribution in [-0.2, 0) is 14.3 Å². The number of benzene rings is 2. The summed E-state index contributed by atoms with van der Waals surface area (Å²) in [5.41, 5.74) is 0.993. The number of carbonyl (C=O) groups excluding carboxylic acids is 3. The Labute approximate surface area is 144 Å². The zero-order chi connectivity index (χ0) is 17.8. The zero-order valence-electron chi connectivity index (χ0n) is 13.4. The largest absolute Gasteiger partial charge is 0.457 e. The molecule has 3 rings (SSSR count). The van der Waals surface area contributed by atoms with Gasteiger partial charge in [0.25, 0.3) is 0 Å². The number of Topliss-reactive ketones (excluding diaryl/α,β-unsaturated/α-hetero) is 1. The van der Waals surface area contributed by atoms with Gasteiger partial charge in [0.05, 0.1) is 5.92 Å². The van der Waals surface area contributed by atoms with Crippen molar-refractivity contribution in [2.75, 3.05) is 18.1 Å². The van der Waals surface area contributed by atoms with Crippen LogP contribution >= 0.6 is 0 Å². The molecule has 0 N–H and O–H groups in total. The van der Waals surface area contributed by atoms with Gasteiger partial charge in [-0.1, -0.05) is 18.2 Å². The lowest BCUT2D eigenvalue weighted by Crippen LogP contribution is -2.27. The maximum Gasteiger partial charge on any atom is 0.311 e. The van der Waals surface area contributed by atoms with Gasteiger partial charge in [-0.05, 0) is 36.4 Å². The van der Waals surface area contributed by atoms with E-state index in [1.807, 2.05) is 18.2 Å². The predicted octanol–water partition coefficient (Wildman–Crippen LogP) is 2.60. The van der Waals surface area contributed by atoms with E-state index in [1.54, 1.807) is 12.1 Å². The van der Waals surface area contributed by atoms with E-state index in [0.29, 0.717) is 0 Å². The standard InChI is InChI=1S/C19H16FNO4/c20-15-8-6-13(7-9-15)17(22)12-25-19(24)14-10-18(23)21(11-14)16-4-2-1-3-5-16/h1-9,14H,10-12H2. The molecule has 25 heavy (non-hydrogen) atoms. The summed E-state index contributed by atoms with van der Waals surface area (Å²) in [6.45, 7) is -0.201. The Morgan fingerprint density at radius 1 is 1.08 bits per heavy atom. The van der Waals surface area contributed by atoms with E-state index < -0.39 is 30.1 Å². The number of esters is 1. The molecule has 1 aliphatic rings. The average molecular weight is 341 g/mol. The van der Waals surface area contributed by atoms with Gasteiger partial charge in [0, 0.05) is 24.2 Å². The molecule has 0 aromatic heterocycles. The molecule has 0 radical (unpaired) electrons. The zero-order valence-corrected chi connectivity index (χ0v) is 13.4. The highest BCUT2D eigenvalue weighted by Crippen LogP contribution is 2.25. The molecule has 2 aromatic rings. The molecule has 128 valence electrons. The number of nitrogens with zero attached hydrogens (tertiary/aromatic N) is 1. The van der Waals surface area contributed by atoms with Crippen LogP contribution < -0.4 is 4.90 Å². The smallest absolute Gasteiger partial charge is 0.311 e. The maximum atomic E-state index is 12.8. The molecule has 1 fully saturated rings. The van der Waals surface area contributed by atoms with Crippen molar-refractivity contribution < 1.29 is 23.5 Å². The van der Waals surface area contributed by atoms with Crippen LogP contribution in [0.3, 0.4) is 0 Å². The summed E-state index contributed by atoms with van der Waals surface area (Å²) in [7, 11) is 0. The Bertz CT molecular complexity index is 789. The van der Waals surface area contributed by atoms with E-state index in [4.69, 9.17) is 4.74 Å². The van der Waals surface area contributed by atoms with Crippen LogP contribution in [0.2, 0.25) is 0 Å². The van der Waals surface area contributed by atoms with Crippen molar-refractivity contribution in [1.82, 2.24) is 0 Å². The van der Waals surface area contributed by atoms with Gasteiger partial charge in [-0.25, -0.2) is 4.39 Å². The van der Waals surface area contributed by atoms with Crippen molar-refractivity contribution in [3.8, 4) is 0 Å². The minimum Gasteiger partial charge on any atom is -0.457 e. The van der Waals surface area contributed by atoms with Crippen LogP contribution in [0, 0.1) is 11.7 Å². The van der Waals surface area contributed by atoms with Crippen LogP contribution in [0.25, 0.3) is 0 Å². The highest BCUT2D eigenvalue weighted by Gasteiger charge is 2.36. The highest BCUT2D eigenvalue weighted by atomic mass is 19.1. The second kappa shape index (κ2) is 7.25. The highest BCUT2D eigenvalue weighted by molar-refractivity contribution is 6.00. The van der Waals surface area contributed by atoms with Crippen molar-refractivity contribution >= 4 is 23.3 Å². The van der Waals surface area contributed by atoms with Gasteiger partial charge in [0.1, 0.15) is 5.82 Å². The molecule has 1 unspecified atom stereocenters. The van der Waals surface area contributed by atoms with E-state index in [1.165, 1.54) is 29.2 Å². The number of para-hydroxylation sites is 1. The average Bonchev–Trinajstić information content (AvgIpc) is 3.02. The second-order valence-electron chi connectivity index (χ2n) is 5.78. The number of carbonyl (C=O) groups is 3. The normalized spacial score (nSPS) is 16.8. The number of ketones is 1. The number of hydrogen-bond donors (Lipinski definition) is 0. The fraction of sp³-hybridized carbons (Fsp3) is 0.211. The lowest BCUT2D eigenvalue weighted by atomic mass is 10.1. The van der Waals surface area contributed by atoms with Gasteiger partial charge in [0.15, 0.2) is 12.4 Å². The molecule has 0 bridgehead atoms. The fourth-order valence-electron chi connectivity index (χ4n) is 2.70. The molecule has 1 aliphatic heterocycles. The number of amides is 1. The fourth-order valence-corrected chi connectivity index (χ4v) is 2.70. The lowest BCUT2D eigenvalue weighted by molar-refractivity contribution is -0.147. The Hall–Kier alpha value is -3.02. The number of hydrogen-bond acceptors (Lipinski definition) is 4. The Kier molecular flexibility index (Phi) is 4.88. The van der Waals surface area contributed by atoms with Gasteiger partial charge >= 0.3 is 5.97 Å². The van der Waals surface area contributed by atoms with Crippen LogP contribution in [0.15, 0.2) is 54.6 Å². The molecule has 5 nitrogen and oxygen atoms in total. The maximum absolute atomic E-state index is 12.8. The molecule has 0 spiro atoms. The van der Waals surface area contributed by atoms with Crippen molar-refractivity contribution in [3.63, 3.8) is 0 Å². The molecule has 0 aliphatic carbocycles. The van der Waals surface area contributed by atoms with Gasteiger partial charge in [0.2, 0.25) is 5.91 Å². The van der Waals surface area contributed by atoms with E-state index in [9.17, 15) is 18.8 Å². The molecular weight excluding hydrogens is 325 g/mol. The van der Waals surface area contributed by atoms with E-state index in [2.05, 4.69) is 0 Å². The summed E-state index contributed by atoms with van der Waals surface area (Å²) in [6, 6.07) is 14.1. The summed E-state index contributed by atoms with van der Waals surface area (Å²) in [6.07, 6.45) is 0.0540. The quantitative estimate of drug-likeness (QED) is 0.619. The van der Waals surface area contributed by atoms with Crippen LogP contribution in [0.1, 0.15) is 16.8 Å². The predicted molar refractivity (Wildman–Crippen MR) is 88.6 cm³/mol. The first-order valence-corrected chi connectivity index (χ1v) is 7.85. The van der Waals surface area contributed by atoms with Crippen molar-refractivity contribution in [2.24, 2.45) is 5.92 Å². The number of anilines is 1. The van der Waals surface area contributed by atoms with Crippen molar-refractivity contribution in [3.05, 3.63) is 66.0 Å². The Balaban J connectivity index is 1.56. The molecular formula is C19H16FNO4. The van der Waals surface area contributed by atoms with Crippen LogP contribution in [0.5, 0.6) is 0 Å². The second-order valence-corrected chi connectivity index (χ2v) is 5.78.